The fourth-order valence-electron chi connectivity index (χ4n) is 1.71. The van der Waals surface area contributed by atoms with Gasteiger partial charge in [0.2, 0.25) is 0 Å². The molecule has 4 nitrogen and oxygen atoms in total. The van der Waals surface area contributed by atoms with Crippen LogP contribution >= 0.6 is 11.3 Å². The number of carbonyl (C=O) groups excluding carboxylic acids is 2. The second kappa shape index (κ2) is 3.59. The average molecular weight is 238 g/mol. The van der Waals surface area contributed by atoms with Gasteiger partial charge in [-0.3, -0.25) is 4.79 Å². The predicted octanol–water partition coefficient (Wildman–Crippen LogP) is 2.28. The van der Waals surface area contributed by atoms with Gasteiger partial charge in [0.1, 0.15) is 5.54 Å². The summed E-state index contributed by atoms with van der Waals surface area (Å²) in [5.74, 6) is -0.169. The molecule has 0 aromatic carbocycles. The van der Waals surface area contributed by atoms with Gasteiger partial charge in [0.25, 0.3) is 5.91 Å². The number of carbonyl (C=O) groups is 2. The van der Waals surface area contributed by atoms with Crippen molar-refractivity contribution < 1.29 is 9.59 Å². The second-order valence-electron chi connectivity index (χ2n) is 4.17. The maximum Gasteiger partial charge on any atom is 0.329 e. The van der Waals surface area contributed by atoms with Gasteiger partial charge in [0.05, 0.1) is 5.69 Å². The van der Waals surface area contributed by atoms with Gasteiger partial charge < -0.3 is 5.32 Å². The summed E-state index contributed by atoms with van der Waals surface area (Å²) < 4.78 is 0. The molecule has 3 amide bonds. The van der Waals surface area contributed by atoms with Gasteiger partial charge in [-0.25, -0.2) is 9.69 Å². The summed E-state index contributed by atoms with van der Waals surface area (Å²) in [6.45, 7) is 5.60. The lowest BCUT2D eigenvalue weighted by atomic mass is 9.99. The summed E-state index contributed by atoms with van der Waals surface area (Å²) in [5.41, 5.74) is -0.0883. The number of amides is 3. The van der Waals surface area contributed by atoms with Crippen LogP contribution in [0.25, 0.3) is 0 Å². The summed E-state index contributed by atoms with van der Waals surface area (Å²) >= 11 is 1.53. The van der Waals surface area contributed by atoms with Crippen LogP contribution in [0.2, 0.25) is 0 Å². The Bertz CT molecular complexity index is 455. The van der Waals surface area contributed by atoms with Crippen molar-refractivity contribution in [2.75, 3.05) is 4.90 Å². The average Bonchev–Trinajstić information content (AvgIpc) is 2.72. The van der Waals surface area contributed by atoms with Crippen LogP contribution in [0.5, 0.6) is 0 Å². The predicted molar refractivity (Wildman–Crippen MR) is 63.8 cm³/mol. The lowest BCUT2D eigenvalue weighted by Crippen LogP contribution is -2.43. The number of urea groups is 1. The minimum atomic E-state index is -0.757. The molecule has 1 aliphatic rings. The normalized spacial score (nSPS) is 25.1. The van der Waals surface area contributed by atoms with E-state index < -0.39 is 5.54 Å². The van der Waals surface area contributed by atoms with Crippen molar-refractivity contribution >= 4 is 29.0 Å². The summed E-state index contributed by atoms with van der Waals surface area (Å²) in [6.07, 6.45) is 0.594. The molecule has 2 rings (SSSR count). The van der Waals surface area contributed by atoms with E-state index in [-0.39, 0.29) is 11.9 Å². The first kappa shape index (κ1) is 11.1. The second-order valence-corrected chi connectivity index (χ2v) is 5.29. The standard InChI is InChI=1S/C11H14N2O2S/c1-4-11(3)9(14)13(10(15)12-11)8-5-7(2)16-6-8/h5-6H,4H2,1-3H3,(H,12,15). The largest absolute Gasteiger partial charge is 0.329 e. The first-order chi connectivity index (χ1) is 7.48. The Morgan fingerprint density at radius 2 is 2.19 bits per heavy atom. The summed E-state index contributed by atoms with van der Waals surface area (Å²) in [4.78, 5) is 26.2. The number of hydrogen-bond donors (Lipinski definition) is 1. The van der Waals surface area contributed by atoms with Gasteiger partial charge >= 0.3 is 6.03 Å². The van der Waals surface area contributed by atoms with E-state index >= 15 is 0 Å². The molecule has 1 fully saturated rings. The molecule has 1 N–H and O–H groups in total. The molecule has 0 bridgehead atoms. The molecule has 0 radical (unpaired) electrons. The third-order valence-electron chi connectivity index (χ3n) is 2.94. The van der Waals surface area contributed by atoms with Crippen molar-refractivity contribution in [3.05, 3.63) is 16.3 Å². The molecule has 1 saturated heterocycles. The quantitative estimate of drug-likeness (QED) is 0.804. The number of nitrogens with one attached hydrogen (secondary N) is 1. The van der Waals surface area contributed by atoms with E-state index in [0.29, 0.717) is 12.1 Å². The lowest BCUT2D eigenvalue weighted by Gasteiger charge is -2.18. The third kappa shape index (κ3) is 1.51. The van der Waals surface area contributed by atoms with Crippen LogP contribution in [-0.4, -0.2) is 17.5 Å². The number of aryl methyl sites for hydroxylation is 1. The van der Waals surface area contributed by atoms with Crippen LogP contribution in [0.1, 0.15) is 25.1 Å². The molecule has 1 aliphatic heterocycles. The van der Waals surface area contributed by atoms with Crippen molar-refractivity contribution in [3.8, 4) is 0 Å². The van der Waals surface area contributed by atoms with Gasteiger partial charge in [0, 0.05) is 10.3 Å². The van der Waals surface area contributed by atoms with Crippen LogP contribution in [0.15, 0.2) is 11.4 Å². The molecule has 0 saturated carbocycles. The minimum Gasteiger partial charge on any atom is -0.323 e. The Kier molecular flexibility index (Phi) is 2.50. The van der Waals surface area contributed by atoms with Crippen molar-refractivity contribution in [2.45, 2.75) is 32.7 Å². The molecule has 1 aromatic rings. The third-order valence-corrected chi connectivity index (χ3v) is 3.79. The molecule has 0 aliphatic carbocycles. The van der Waals surface area contributed by atoms with E-state index in [2.05, 4.69) is 5.32 Å². The molecule has 1 unspecified atom stereocenters. The van der Waals surface area contributed by atoms with E-state index in [1.165, 1.54) is 16.2 Å². The number of nitrogens with zero attached hydrogens (tertiary/aromatic N) is 1. The van der Waals surface area contributed by atoms with E-state index in [4.69, 9.17) is 0 Å². The van der Waals surface area contributed by atoms with Crippen molar-refractivity contribution in [2.24, 2.45) is 0 Å². The highest BCUT2D eigenvalue weighted by atomic mass is 32.1. The summed E-state index contributed by atoms with van der Waals surface area (Å²) in [5, 5.41) is 4.56. The van der Waals surface area contributed by atoms with Crippen LogP contribution in [0.4, 0.5) is 10.5 Å². The van der Waals surface area contributed by atoms with Crippen molar-refractivity contribution in [1.82, 2.24) is 5.32 Å². The molecule has 5 heteroatoms. The minimum absolute atomic E-state index is 0.169. The zero-order valence-corrected chi connectivity index (χ0v) is 10.4. The Balaban J connectivity index is 2.37. The summed E-state index contributed by atoms with van der Waals surface area (Å²) in [6, 6.07) is 1.52. The number of anilines is 1. The van der Waals surface area contributed by atoms with Crippen LogP contribution in [0.3, 0.4) is 0 Å². The molecule has 86 valence electrons. The van der Waals surface area contributed by atoms with E-state index in [1.54, 1.807) is 6.92 Å². The fourth-order valence-corrected chi connectivity index (χ4v) is 2.37. The highest BCUT2D eigenvalue weighted by Crippen LogP contribution is 2.29. The van der Waals surface area contributed by atoms with Crippen molar-refractivity contribution in [3.63, 3.8) is 0 Å². The Morgan fingerprint density at radius 1 is 1.50 bits per heavy atom. The van der Waals surface area contributed by atoms with Gasteiger partial charge in [-0.05, 0) is 26.3 Å². The number of imide groups is 1. The molecule has 0 spiro atoms. The first-order valence-electron chi connectivity index (χ1n) is 5.20. The van der Waals surface area contributed by atoms with Gasteiger partial charge in [-0.2, -0.15) is 0 Å². The topological polar surface area (TPSA) is 49.4 Å². The Morgan fingerprint density at radius 3 is 2.62 bits per heavy atom. The number of thiophene rings is 1. The maximum absolute atomic E-state index is 12.1. The van der Waals surface area contributed by atoms with E-state index in [1.807, 2.05) is 25.3 Å². The lowest BCUT2D eigenvalue weighted by molar-refractivity contribution is -0.121. The smallest absolute Gasteiger partial charge is 0.323 e. The van der Waals surface area contributed by atoms with Crippen LogP contribution in [-0.2, 0) is 4.79 Å². The van der Waals surface area contributed by atoms with Gasteiger partial charge in [-0.15, -0.1) is 11.3 Å². The summed E-state index contributed by atoms with van der Waals surface area (Å²) in [7, 11) is 0. The van der Waals surface area contributed by atoms with Crippen LogP contribution in [0, 0.1) is 6.92 Å². The van der Waals surface area contributed by atoms with E-state index in [0.717, 1.165) is 4.88 Å². The maximum atomic E-state index is 12.1. The number of rotatable bonds is 2. The Labute approximate surface area is 98.3 Å². The van der Waals surface area contributed by atoms with E-state index in [9.17, 15) is 9.59 Å². The first-order valence-corrected chi connectivity index (χ1v) is 6.08. The van der Waals surface area contributed by atoms with Gasteiger partial charge in [0.15, 0.2) is 0 Å². The number of hydrogen-bond acceptors (Lipinski definition) is 3. The molecule has 1 atom stereocenters. The molecule has 1 aromatic heterocycles. The molecular weight excluding hydrogens is 224 g/mol. The van der Waals surface area contributed by atoms with Crippen LogP contribution < -0.4 is 10.2 Å². The molecule has 16 heavy (non-hydrogen) atoms. The zero-order chi connectivity index (χ0) is 11.9. The highest BCUT2D eigenvalue weighted by molar-refractivity contribution is 7.10. The molecule has 2 heterocycles. The SMILES string of the molecule is CCC1(C)NC(=O)N(c2csc(C)c2)C1=O. The monoisotopic (exact) mass is 238 g/mol. The Hall–Kier alpha value is -1.36. The van der Waals surface area contributed by atoms with Gasteiger partial charge in [-0.1, -0.05) is 6.92 Å². The highest BCUT2D eigenvalue weighted by Gasteiger charge is 2.47. The fraction of sp³-hybridized carbons (Fsp3) is 0.455. The van der Waals surface area contributed by atoms with Crippen molar-refractivity contribution in [1.29, 1.82) is 0 Å². The zero-order valence-electron chi connectivity index (χ0n) is 9.53. The molecular formula is C11H14N2O2S.